The third-order valence-electron chi connectivity index (χ3n) is 7.56. The molecule has 3 amide bonds. The van der Waals surface area contributed by atoms with Crippen LogP contribution in [0, 0.1) is 11.3 Å². The molecule has 5 heterocycles. The van der Waals surface area contributed by atoms with Gasteiger partial charge in [-0.1, -0.05) is 0 Å². The van der Waals surface area contributed by atoms with E-state index >= 15 is 0 Å². The highest BCUT2D eigenvalue weighted by atomic mass is 32.2. The van der Waals surface area contributed by atoms with E-state index in [1.165, 1.54) is 11.1 Å². The summed E-state index contributed by atoms with van der Waals surface area (Å²) >= 11 is 1.82. The Morgan fingerprint density at radius 1 is 1.28 bits per heavy atom. The lowest BCUT2D eigenvalue weighted by Crippen LogP contribution is -2.48. The Labute approximate surface area is 232 Å². The van der Waals surface area contributed by atoms with Crippen LogP contribution in [0.2, 0.25) is 0 Å². The Bertz CT molecular complexity index is 1330. The number of rotatable bonds is 6. The maximum Gasteiger partial charge on any atom is 0.328 e. The smallest absolute Gasteiger partial charge is 0.328 e. The second kappa shape index (κ2) is 11.6. The maximum absolute atomic E-state index is 13.4. The Kier molecular flexibility index (Phi) is 7.99. The Balaban J connectivity index is 1.35. The van der Waals surface area contributed by atoms with Crippen molar-refractivity contribution < 1.29 is 14.4 Å². The summed E-state index contributed by atoms with van der Waals surface area (Å²) in [6, 6.07) is 5.48. The second-order valence-corrected chi connectivity index (χ2v) is 11.3. The van der Waals surface area contributed by atoms with E-state index in [4.69, 9.17) is 0 Å². The van der Waals surface area contributed by atoms with Gasteiger partial charge in [0.05, 0.1) is 17.8 Å². The fourth-order valence-corrected chi connectivity index (χ4v) is 6.03. The average Bonchev–Trinajstić information content (AvgIpc) is 3.43. The van der Waals surface area contributed by atoms with E-state index in [0.717, 1.165) is 50.1 Å². The van der Waals surface area contributed by atoms with E-state index in [-0.39, 0.29) is 11.6 Å². The lowest BCUT2D eigenvalue weighted by atomic mass is 10.0. The van der Waals surface area contributed by atoms with Crippen molar-refractivity contribution in [2.75, 3.05) is 67.7 Å². The molecule has 2 fully saturated rings. The predicted octanol–water partition coefficient (Wildman–Crippen LogP) is 2.36. The van der Waals surface area contributed by atoms with E-state index in [1.54, 1.807) is 11.0 Å². The highest BCUT2D eigenvalue weighted by Crippen LogP contribution is 2.31. The number of thioether (sulfide) groups is 1. The molecule has 11 nitrogen and oxygen atoms in total. The fraction of sp³-hybridized carbons (Fsp3) is 0.481. The predicted molar refractivity (Wildman–Crippen MR) is 150 cm³/mol. The van der Waals surface area contributed by atoms with Gasteiger partial charge < -0.3 is 9.80 Å². The average molecular weight is 549 g/mol. The minimum absolute atomic E-state index is 0.0199. The molecule has 0 aliphatic carbocycles. The molecule has 2 aromatic rings. The van der Waals surface area contributed by atoms with Crippen LogP contribution in [0.5, 0.6) is 0 Å². The standard InChI is InChI=1S/C27H32N8O3S/c1-32-8-9-34(25(37)16-32)14-19-10-18-4-3-6-35(26(18)30-22(19)17-36)27(38)31-24-11-23(20(12-28)13-29-24)33-7-5-21(15-33)39-2/h10-11,13,17,21H,3-9,14-16H2,1-2H3,(H,29,31,38). The van der Waals surface area contributed by atoms with Gasteiger partial charge in [0, 0.05) is 62.3 Å². The normalized spacial score (nSPS) is 19.6. The molecule has 204 valence electrons. The molecule has 3 aliphatic heterocycles. The van der Waals surface area contributed by atoms with E-state index in [2.05, 4.69) is 32.5 Å². The third-order valence-corrected chi connectivity index (χ3v) is 8.61. The molecule has 0 aromatic carbocycles. The monoisotopic (exact) mass is 548 g/mol. The zero-order chi connectivity index (χ0) is 27.5. The van der Waals surface area contributed by atoms with Gasteiger partial charge in [-0.2, -0.15) is 17.0 Å². The molecule has 0 bridgehead atoms. The van der Waals surface area contributed by atoms with Crippen molar-refractivity contribution in [1.82, 2.24) is 19.8 Å². The van der Waals surface area contributed by atoms with E-state index < -0.39 is 6.03 Å². The molecule has 12 heteroatoms. The zero-order valence-electron chi connectivity index (χ0n) is 22.2. The van der Waals surface area contributed by atoms with Gasteiger partial charge >= 0.3 is 6.03 Å². The minimum atomic E-state index is -0.395. The summed E-state index contributed by atoms with van der Waals surface area (Å²) in [5.74, 6) is 0.826. The topological polar surface area (TPSA) is 126 Å². The van der Waals surface area contributed by atoms with Gasteiger partial charge in [0.15, 0.2) is 6.29 Å². The molecule has 2 saturated heterocycles. The van der Waals surface area contributed by atoms with Crippen LogP contribution in [0.25, 0.3) is 0 Å². The Hall–Kier alpha value is -3.69. The zero-order valence-corrected chi connectivity index (χ0v) is 23.0. The summed E-state index contributed by atoms with van der Waals surface area (Å²) < 4.78 is 0. The number of piperazine rings is 1. The number of aromatic nitrogens is 2. The van der Waals surface area contributed by atoms with Gasteiger partial charge in [-0.05, 0) is 44.2 Å². The third kappa shape index (κ3) is 5.69. The molecule has 0 saturated carbocycles. The van der Waals surface area contributed by atoms with Gasteiger partial charge in [0.25, 0.3) is 0 Å². The molecule has 3 aliphatic rings. The van der Waals surface area contributed by atoms with Crippen LogP contribution in [0.15, 0.2) is 18.3 Å². The van der Waals surface area contributed by atoms with Gasteiger partial charge in [-0.3, -0.25) is 24.7 Å². The van der Waals surface area contributed by atoms with Crippen LogP contribution in [0.1, 0.15) is 40.0 Å². The summed E-state index contributed by atoms with van der Waals surface area (Å²) in [6.07, 6.45) is 6.78. The maximum atomic E-state index is 13.4. The molecule has 1 atom stereocenters. The molecular weight excluding hydrogens is 516 g/mol. The van der Waals surface area contributed by atoms with E-state index in [1.807, 2.05) is 29.8 Å². The Morgan fingerprint density at radius 3 is 2.85 bits per heavy atom. The van der Waals surface area contributed by atoms with Crippen LogP contribution in [-0.4, -0.2) is 95.8 Å². The number of hydrogen-bond donors (Lipinski definition) is 1. The van der Waals surface area contributed by atoms with Gasteiger partial charge in [0.1, 0.15) is 23.4 Å². The number of aryl methyl sites for hydroxylation is 1. The number of urea groups is 1. The quantitative estimate of drug-likeness (QED) is 0.542. The molecule has 1 unspecified atom stereocenters. The van der Waals surface area contributed by atoms with Crippen LogP contribution >= 0.6 is 11.8 Å². The first kappa shape index (κ1) is 26.9. The molecule has 1 N–H and O–H groups in total. The number of likely N-dealkylation sites (N-methyl/N-ethyl adjacent to an activating group) is 1. The summed E-state index contributed by atoms with van der Waals surface area (Å²) in [5, 5.41) is 13.0. The van der Waals surface area contributed by atoms with Crippen LogP contribution in [0.4, 0.5) is 22.1 Å². The molecule has 39 heavy (non-hydrogen) atoms. The number of pyridine rings is 2. The lowest BCUT2D eigenvalue weighted by Gasteiger charge is -2.33. The van der Waals surface area contributed by atoms with Crippen molar-refractivity contribution in [3.63, 3.8) is 0 Å². The van der Waals surface area contributed by atoms with Crippen LogP contribution in [-0.2, 0) is 17.8 Å². The number of anilines is 3. The fourth-order valence-electron chi connectivity index (χ4n) is 5.36. The number of nitrogens with zero attached hydrogens (tertiary/aromatic N) is 7. The Morgan fingerprint density at radius 2 is 2.13 bits per heavy atom. The SMILES string of the molecule is CSC1CCN(c2cc(NC(=O)N3CCCc4cc(CN5CCN(C)CC5=O)c(C=O)nc43)ncc2C#N)C1. The van der Waals surface area contributed by atoms with Crippen molar-refractivity contribution in [3.05, 3.63) is 40.7 Å². The number of aldehydes is 1. The first-order valence-corrected chi connectivity index (χ1v) is 14.4. The summed E-state index contributed by atoms with van der Waals surface area (Å²) in [7, 11) is 1.91. The van der Waals surface area contributed by atoms with Gasteiger partial charge in [0.2, 0.25) is 5.91 Å². The number of nitriles is 1. The molecular formula is C27H32N8O3S. The molecule has 0 radical (unpaired) electrons. The summed E-state index contributed by atoms with van der Waals surface area (Å²) in [6.45, 7) is 4.17. The van der Waals surface area contributed by atoms with E-state index in [9.17, 15) is 19.6 Å². The van der Waals surface area contributed by atoms with Crippen molar-refractivity contribution in [2.24, 2.45) is 0 Å². The van der Waals surface area contributed by atoms with Gasteiger partial charge in [-0.25, -0.2) is 14.8 Å². The first-order valence-electron chi connectivity index (χ1n) is 13.1. The van der Waals surface area contributed by atoms with Gasteiger partial charge in [-0.15, -0.1) is 0 Å². The highest BCUT2D eigenvalue weighted by molar-refractivity contribution is 7.99. The second-order valence-electron chi connectivity index (χ2n) is 10.2. The number of fused-ring (bicyclic) bond motifs is 1. The lowest BCUT2D eigenvalue weighted by molar-refractivity contribution is -0.136. The van der Waals surface area contributed by atoms with Crippen molar-refractivity contribution >= 4 is 47.3 Å². The number of amides is 3. The first-order chi connectivity index (χ1) is 18.9. The molecule has 2 aromatic heterocycles. The largest absolute Gasteiger partial charge is 0.369 e. The van der Waals surface area contributed by atoms with E-state index in [0.29, 0.717) is 60.5 Å². The number of carbonyl (C=O) groups excluding carboxylic acids is 3. The van der Waals surface area contributed by atoms with Crippen LogP contribution in [0.3, 0.4) is 0 Å². The number of hydrogen-bond acceptors (Lipinski definition) is 9. The van der Waals surface area contributed by atoms with Crippen molar-refractivity contribution in [3.8, 4) is 6.07 Å². The number of carbonyl (C=O) groups is 3. The number of nitrogens with one attached hydrogen (secondary N) is 1. The molecule has 5 rings (SSSR count). The van der Waals surface area contributed by atoms with Crippen LogP contribution < -0.4 is 15.1 Å². The molecule has 0 spiro atoms. The summed E-state index contributed by atoms with van der Waals surface area (Å²) in [5.41, 5.74) is 3.03. The highest BCUT2D eigenvalue weighted by Gasteiger charge is 2.29. The minimum Gasteiger partial charge on any atom is -0.369 e. The summed E-state index contributed by atoms with van der Waals surface area (Å²) in [4.78, 5) is 54.2. The van der Waals surface area contributed by atoms with Crippen molar-refractivity contribution in [2.45, 2.75) is 31.1 Å². The van der Waals surface area contributed by atoms with Crippen molar-refractivity contribution in [1.29, 1.82) is 5.26 Å².